The second-order valence-corrected chi connectivity index (χ2v) is 4.39. The van der Waals surface area contributed by atoms with Crippen LogP contribution in [0.25, 0.3) is 0 Å². The molecular formula is C6H12NNaO5S. The maximum atomic E-state index is 10.3. The zero-order valence-electron chi connectivity index (χ0n) is 8.05. The van der Waals surface area contributed by atoms with Gasteiger partial charge in [0.15, 0.2) is 5.44 Å². The molecule has 6 nitrogen and oxygen atoms in total. The molecule has 0 saturated carbocycles. The van der Waals surface area contributed by atoms with Crippen molar-refractivity contribution in [3.05, 3.63) is 0 Å². The van der Waals surface area contributed by atoms with Gasteiger partial charge >= 0.3 is 29.6 Å². The molecule has 1 heterocycles. The van der Waals surface area contributed by atoms with Gasteiger partial charge in [-0.25, -0.2) is 8.42 Å². The molecule has 1 N–H and O–H groups in total. The molecule has 1 saturated heterocycles. The van der Waals surface area contributed by atoms with Crippen molar-refractivity contribution in [3.8, 4) is 0 Å². The molecule has 1 atom stereocenters. The number of hydrogen-bond acceptors (Lipinski definition) is 6. The maximum absolute atomic E-state index is 10.3. The van der Waals surface area contributed by atoms with Crippen LogP contribution < -0.4 is 29.6 Å². The topological polar surface area (TPSA) is 89.9 Å². The van der Waals surface area contributed by atoms with Crippen LogP contribution >= 0.6 is 0 Å². The Morgan fingerprint density at radius 2 is 1.93 bits per heavy atom. The van der Waals surface area contributed by atoms with Gasteiger partial charge in [-0.15, -0.1) is 0 Å². The molecule has 1 rings (SSSR count). The smallest absolute Gasteiger partial charge is 0.746 e. The Kier molecular flexibility index (Phi) is 6.75. The van der Waals surface area contributed by atoms with Crippen LogP contribution in [0.15, 0.2) is 0 Å². The molecule has 1 aliphatic heterocycles. The summed E-state index contributed by atoms with van der Waals surface area (Å²) >= 11 is 0. The van der Waals surface area contributed by atoms with Crippen molar-refractivity contribution in [1.82, 2.24) is 4.90 Å². The fraction of sp³-hybridized carbons (Fsp3) is 1.00. The summed E-state index contributed by atoms with van der Waals surface area (Å²) < 4.78 is 36.0. The van der Waals surface area contributed by atoms with E-state index in [0.717, 1.165) is 0 Å². The van der Waals surface area contributed by atoms with Crippen molar-refractivity contribution in [2.45, 2.75) is 5.44 Å². The zero-order chi connectivity index (χ0) is 9.90. The molecule has 1 unspecified atom stereocenters. The summed E-state index contributed by atoms with van der Waals surface area (Å²) in [4.78, 5) is 1.68. The Bertz CT molecular complexity index is 251. The van der Waals surface area contributed by atoms with Gasteiger partial charge in [0, 0.05) is 19.6 Å². The molecule has 0 amide bonds. The van der Waals surface area contributed by atoms with Crippen molar-refractivity contribution in [1.29, 1.82) is 0 Å². The first-order valence-corrected chi connectivity index (χ1v) is 5.40. The SMILES string of the molecule is O=S(=O)([O-])C(O)CN1CCOCC1.[Na+]. The van der Waals surface area contributed by atoms with Crippen molar-refractivity contribution in [2.75, 3.05) is 32.8 Å². The van der Waals surface area contributed by atoms with E-state index in [-0.39, 0.29) is 36.1 Å². The number of ether oxygens (including phenoxy) is 1. The largest absolute Gasteiger partial charge is 1.00 e. The summed E-state index contributed by atoms with van der Waals surface area (Å²) in [6.07, 6.45) is 0. The first-order chi connectivity index (χ1) is 6.00. The number of aliphatic hydroxyl groups is 1. The molecule has 1 aliphatic rings. The third-order valence-electron chi connectivity index (χ3n) is 1.85. The van der Waals surface area contributed by atoms with Crippen LogP contribution in [-0.2, 0) is 14.9 Å². The normalized spacial score (nSPS) is 21.3. The second kappa shape index (κ2) is 6.39. The molecule has 0 aromatic carbocycles. The molecule has 0 spiro atoms. The van der Waals surface area contributed by atoms with E-state index in [9.17, 15) is 13.0 Å². The van der Waals surface area contributed by atoms with Gasteiger partial charge in [-0.1, -0.05) is 0 Å². The van der Waals surface area contributed by atoms with Gasteiger partial charge in [0.2, 0.25) is 0 Å². The standard InChI is InChI=1S/C6H13NO5S.Na/c8-6(13(9,10)11)5-7-1-3-12-4-2-7;/h6,8H,1-5H2,(H,9,10,11);/q;+1/p-1. The predicted molar refractivity (Wildman–Crippen MR) is 43.0 cm³/mol. The van der Waals surface area contributed by atoms with Crippen molar-refractivity contribution in [3.63, 3.8) is 0 Å². The fourth-order valence-corrected chi connectivity index (χ4v) is 1.49. The number of morpholine rings is 1. The third-order valence-corrected chi connectivity index (χ3v) is 2.67. The Morgan fingerprint density at radius 3 is 2.36 bits per heavy atom. The maximum Gasteiger partial charge on any atom is 1.00 e. The first-order valence-electron chi connectivity index (χ1n) is 3.93. The van der Waals surface area contributed by atoms with Crippen LogP contribution in [0, 0.1) is 0 Å². The van der Waals surface area contributed by atoms with Crippen molar-refractivity contribution in [2.24, 2.45) is 0 Å². The summed E-state index contributed by atoms with van der Waals surface area (Å²) in [5.41, 5.74) is -1.83. The van der Waals surface area contributed by atoms with Gasteiger partial charge in [0.05, 0.1) is 13.2 Å². The van der Waals surface area contributed by atoms with E-state index in [1.165, 1.54) is 0 Å². The summed E-state index contributed by atoms with van der Waals surface area (Å²) in [6.45, 7) is 1.98. The van der Waals surface area contributed by atoms with E-state index in [1.807, 2.05) is 0 Å². The van der Waals surface area contributed by atoms with Gasteiger partial charge in [-0.05, 0) is 0 Å². The number of nitrogens with zero attached hydrogens (tertiary/aromatic N) is 1. The minimum atomic E-state index is -4.58. The second-order valence-electron chi connectivity index (χ2n) is 2.86. The Hall–Kier alpha value is 0.790. The molecule has 0 radical (unpaired) electrons. The van der Waals surface area contributed by atoms with Gasteiger partial charge in [-0.3, -0.25) is 4.90 Å². The average molecular weight is 233 g/mol. The van der Waals surface area contributed by atoms with Gasteiger partial charge < -0.3 is 14.4 Å². The van der Waals surface area contributed by atoms with E-state index in [2.05, 4.69) is 0 Å². The minimum Gasteiger partial charge on any atom is -0.746 e. The van der Waals surface area contributed by atoms with Gasteiger partial charge in [0.25, 0.3) is 0 Å². The molecule has 1 fully saturated rings. The van der Waals surface area contributed by atoms with E-state index in [4.69, 9.17) is 9.84 Å². The molecule has 0 aromatic rings. The quantitative estimate of drug-likeness (QED) is 0.388. The van der Waals surface area contributed by atoms with E-state index >= 15 is 0 Å². The van der Waals surface area contributed by atoms with Gasteiger partial charge in [0.1, 0.15) is 10.1 Å². The van der Waals surface area contributed by atoms with E-state index < -0.39 is 15.6 Å². The third kappa shape index (κ3) is 5.04. The van der Waals surface area contributed by atoms with Crippen molar-refractivity contribution >= 4 is 10.1 Å². The molecule has 8 heteroatoms. The molecule has 0 aliphatic carbocycles. The summed E-state index contributed by atoms with van der Waals surface area (Å²) in [6, 6.07) is 0. The minimum absolute atomic E-state index is 0. The Balaban J connectivity index is 0.00000169. The summed E-state index contributed by atoms with van der Waals surface area (Å²) in [7, 11) is -4.58. The molecule has 78 valence electrons. The van der Waals surface area contributed by atoms with E-state index in [1.54, 1.807) is 4.90 Å². The number of rotatable bonds is 3. The van der Waals surface area contributed by atoms with Gasteiger partial charge in [-0.2, -0.15) is 0 Å². The monoisotopic (exact) mass is 233 g/mol. The average Bonchev–Trinajstić information content (AvgIpc) is 2.04. The van der Waals surface area contributed by atoms with Crippen molar-refractivity contribution < 1.29 is 52.4 Å². The number of β-amino-alcohol motifs (C(OH)–C–C–N with tert-alkyl or cyclic N) is 1. The molecule has 0 bridgehead atoms. The fourth-order valence-electron chi connectivity index (χ4n) is 1.10. The van der Waals surface area contributed by atoms with E-state index in [0.29, 0.717) is 26.3 Å². The van der Waals surface area contributed by atoms with Crippen LogP contribution in [0.2, 0.25) is 0 Å². The molecule has 14 heavy (non-hydrogen) atoms. The summed E-state index contributed by atoms with van der Waals surface area (Å²) in [5, 5.41) is 8.96. The van der Waals surface area contributed by atoms with Crippen LogP contribution in [0.3, 0.4) is 0 Å². The first kappa shape index (κ1) is 14.8. The number of hydrogen-bond donors (Lipinski definition) is 1. The number of aliphatic hydroxyl groups excluding tert-OH is 1. The molecule has 0 aromatic heterocycles. The van der Waals surface area contributed by atoms with Crippen LogP contribution in [0.5, 0.6) is 0 Å². The van der Waals surface area contributed by atoms with Crippen LogP contribution in [-0.4, -0.2) is 61.3 Å². The zero-order valence-corrected chi connectivity index (χ0v) is 10.9. The van der Waals surface area contributed by atoms with Crippen LogP contribution in [0.1, 0.15) is 0 Å². The Labute approximate surface area is 105 Å². The van der Waals surface area contributed by atoms with Crippen LogP contribution in [0.4, 0.5) is 0 Å². The Morgan fingerprint density at radius 1 is 1.43 bits per heavy atom. The predicted octanol–water partition coefficient (Wildman–Crippen LogP) is -4.81. The summed E-state index contributed by atoms with van der Waals surface area (Å²) in [5.74, 6) is 0. The molecular weight excluding hydrogens is 221 g/mol.